The molecule has 0 radical (unpaired) electrons. The average Bonchev–Trinajstić information content (AvgIpc) is 2.84. The smallest absolute Gasteiger partial charge is 0.322 e. The van der Waals surface area contributed by atoms with Gasteiger partial charge in [0.25, 0.3) is 0 Å². The first-order valence-electron chi connectivity index (χ1n) is 12.0. The molecule has 1 rings (SSSR count). The van der Waals surface area contributed by atoms with Crippen molar-refractivity contribution in [1.82, 2.24) is 16.0 Å². The molecular formula is C23H48N4O9. The van der Waals surface area contributed by atoms with Crippen LogP contribution in [0.5, 0.6) is 0 Å². The zero-order chi connectivity index (χ0) is 27.0. The van der Waals surface area contributed by atoms with Crippen LogP contribution in [0.25, 0.3) is 0 Å². The number of nitrogens with two attached hydrogens (primary N) is 1. The molecule has 1 saturated heterocycles. The number of ether oxygens (including phenoxy) is 2. The van der Waals surface area contributed by atoms with Crippen molar-refractivity contribution in [2.75, 3.05) is 33.4 Å². The van der Waals surface area contributed by atoms with Crippen molar-refractivity contribution < 1.29 is 44.3 Å². The fourth-order valence-corrected chi connectivity index (χ4v) is 3.47. The van der Waals surface area contributed by atoms with E-state index < -0.39 is 67.1 Å². The van der Waals surface area contributed by atoms with Gasteiger partial charge < -0.3 is 51.6 Å². The van der Waals surface area contributed by atoms with E-state index in [1.54, 1.807) is 0 Å². The molecule has 2 amide bonds. The molecule has 4 unspecified atom stereocenters. The molecule has 0 bridgehead atoms. The molecule has 0 spiro atoms. The lowest BCUT2D eigenvalue weighted by Gasteiger charge is -2.44. The van der Waals surface area contributed by atoms with Crippen LogP contribution in [0.3, 0.4) is 0 Å². The van der Waals surface area contributed by atoms with E-state index in [9.17, 15) is 29.7 Å². The SMILES string of the molecule is C.CC.CO[C@]1(CCNCCCCC(N)C(=O)NC(C)C(=O)NCC(=O)O)CC(O)[C@@H](O)C(CO)O1. The zero-order valence-electron chi connectivity index (χ0n) is 21.2. The predicted molar refractivity (Wildman–Crippen MR) is 134 cm³/mol. The molecule has 9 N–H and O–H groups in total. The maximum Gasteiger partial charge on any atom is 0.322 e. The summed E-state index contributed by atoms with van der Waals surface area (Å²) in [7, 11) is 1.45. The van der Waals surface area contributed by atoms with Crippen molar-refractivity contribution in [2.45, 2.75) is 96.5 Å². The maximum absolute atomic E-state index is 12.1. The van der Waals surface area contributed by atoms with Gasteiger partial charge >= 0.3 is 5.97 Å². The minimum Gasteiger partial charge on any atom is -0.480 e. The summed E-state index contributed by atoms with van der Waals surface area (Å²) < 4.78 is 11.1. The second-order valence-electron chi connectivity index (χ2n) is 8.16. The van der Waals surface area contributed by atoms with Gasteiger partial charge in [0.2, 0.25) is 11.8 Å². The first kappa shape index (κ1) is 36.3. The Morgan fingerprint density at radius 3 is 2.36 bits per heavy atom. The van der Waals surface area contributed by atoms with Gasteiger partial charge in [-0.3, -0.25) is 14.4 Å². The molecule has 6 atom stereocenters. The molecule has 0 aliphatic carbocycles. The number of amides is 2. The number of carbonyl (C=O) groups is 3. The molecular weight excluding hydrogens is 476 g/mol. The standard InChI is InChI=1S/C20H38N4O9.C2H6.CH4/c1-12(18(30)23-10-16(27)28)24-19(31)13(21)5-3-4-7-22-8-6-20(32-2)9-14(26)17(29)15(11-25)33-20;1-2;/h12-15,17,22,25-26,29H,3-11,21H2,1-2H3,(H,23,30)(H,24,31)(H,27,28);1-2H3;1H4/t12?,13?,14?,15?,17-,20+;;/m1../s1. The summed E-state index contributed by atoms with van der Waals surface area (Å²) in [6, 6.07) is -1.69. The summed E-state index contributed by atoms with van der Waals surface area (Å²) in [6.45, 7) is 5.62. The number of methoxy groups -OCH3 is 1. The van der Waals surface area contributed by atoms with Crippen molar-refractivity contribution in [2.24, 2.45) is 5.73 Å². The number of aliphatic carboxylic acids is 1. The zero-order valence-corrected chi connectivity index (χ0v) is 21.2. The van der Waals surface area contributed by atoms with Gasteiger partial charge in [-0.15, -0.1) is 0 Å². The molecule has 13 heteroatoms. The third-order valence-corrected chi connectivity index (χ3v) is 5.52. The molecule has 214 valence electrons. The minimum atomic E-state index is -1.18. The van der Waals surface area contributed by atoms with E-state index in [1.807, 2.05) is 13.8 Å². The molecule has 1 aliphatic rings. The van der Waals surface area contributed by atoms with Crippen LogP contribution in [-0.2, 0) is 23.9 Å². The van der Waals surface area contributed by atoms with E-state index in [2.05, 4.69) is 16.0 Å². The fraction of sp³-hybridized carbons (Fsp3) is 0.870. The summed E-state index contributed by atoms with van der Waals surface area (Å²) in [4.78, 5) is 34.2. The summed E-state index contributed by atoms with van der Waals surface area (Å²) in [5.74, 6) is -3.38. The number of hydrogen-bond donors (Lipinski definition) is 8. The third kappa shape index (κ3) is 12.9. The van der Waals surface area contributed by atoms with Crippen molar-refractivity contribution in [3.8, 4) is 0 Å². The Bertz CT molecular complexity index is 641. The quantitative estimate of drug-likeness (QED) is 0.118. The second-order valence-corrected chi connectivity index (χ2v) is 8.16. The Balaban J connectivity index is 0. The van der Waals surface area contributed by atoms with Crippen molar-refractivity contribution >= 4 is 17.8 Å². The molecule has 0 saturated carbocycles. The number of carbonyl (C=O) groups excluding carboxylic acids is 2. The molecule has 1 heterocycles. The number of aliphatic hydroxyl groups excluding tert-OH is 3. The number of carboxylic acids is 1. The number of unbranched alkanes of at least 4 members (excludes halogenated alkanes) is 1. The molecule has 0 aromatic carbocycles. The Labute approximate surface area is 214 Å². The molecule has 0 aromatic heterocycles. The number of nitrogens with one attached hydrogen (secondary N) is 3. The van der Waals surface area contributed by atoms with Crippen LogP contribution in [-0.4, -0.2) is 108 Å². The van der Waals surface area contributed by atoms with Crippen LogP contribution in [0.2, 0.25) is 0 Å². The van der Waals surface area contributed by atoms with Crippen molar-refractivity contribution in [3.63, 3.8) is 0 Å². The highest BCUT2D eigenvalue weighted by atomic mass is 16.7. The highest BCUT2D eigenvalue weighted by Crippen LogP contribution is 2.32. The lowest BCUT2D eigenvalue weighted by molar-refractivity contribution is -0.316. The molecule has 0 aromatic rings. The van der Waals surface area contributed by atoms with Gasteiger partial charge in [0.05, 0.1) is 18.8 Å². The lowest BCUT2D eigenvalue weighted by Crippen LogP contribution is -2.57. The van der Waals surface area contributed by atoms with Gasteiger partial charge in [0, 0.05) is 26.5 Å². The summed E-state index contributed by atoms with van der Waals surface area (Å²) in [5.41, 5.74) is 5.86. The minimum absolute atomic E-state index is 0. The maximum atomic E-state index is 12.1. The summed E-state index contributed by atoms with van der Waals surface area (Å²) >= 11 is 0. The first-order valence-corrected chi connectivity index (χ1v) is 12.0. The van der Waals surface area contributed by atoms with Crippen LogP contribution >= 0.6 is 0 Å². The molecule has 13 nitrogen and oxygen atoms in total. The van der Waals surface area contributed by atoms with Gasteiger partial charge in [0.1, 0.15) is 24.8 Å². The Morgan fingerprint density at radius 1 is 1.17 bits per heavy atom. The van der Waals surface area contributed by atoms with Crippen molar-refractivity contribution in [1.29, 1.82) is 0 Å². The molecule has 1 fully saturated rings. The summed E-state index contributed by atoms with van der Waals surface area (Å²) in [6.07, 6.45) is -0.879. The van der Waals surface area contributed by atoms with Gasteiger partial charge in [-0.1, -0.05) is 27.7 Å². The second kappa shape index (κ2) is 19.3. The number of carboxylic acid groups (broad SMARTS) is 1. The van der Waals surface area contributed by atoms with Crippen LogP contribution in [0.1, 0.15) is 60.3 Å². The first-order chi connectivity index (χ1) is 16.5. The third-order valence-electron chi connectivity index (χ3n) is 5.52. The predicted octanol–water partition coefficient (Wildman–Crippen LogP) is -1.32. The fourth-order valence-electron chi connectivity index (χ4n) is 3.47. The Morgan fingerprint density at radius 2 is 1.81 bits per heavy atom. The van der Waals surface area contributed by atoms with Crippen LogP contribution in [0, 0.1) is 0 Å². The Kier molecular flexibility index (Phi) is 19.4. The molecule has 36 heavy (non-hydrogen) atoms. The van der Waals surface area contributed by atoms with Crippen LogP contribution in [0.4, 0.5) is 0 Å². The highest BCUT2D eigenvalue weighted by Gasteiger charge is 2.46. The van der Waals surface area contributed by atoms with Crippen LogP contribution < -0.4 is 21.7 Å². The van der Waals surface area contributed by atoms with Gasteiger partial charge in [-0.05, 0) is 26.3 Å². The van der Waals surface area contributed by atoms with Gasteiger partial charge in [0.15, 0.2) is 5.79 Å². The van der Waals surface area contributed by atoms with E-state index in [4.69, 9.17) is 20.3 Å². The highest BCUT2D eigenvalue weighted by molar-refractivity contribution is 5.90. The summed E-state index contributed by atoms with van der Waals surface area (Å²) in [5, 5.41) is 45.6. The topological polar surface area (TPSA) is 213 Å². The van der Waals surface area contributed by atoms with Crippen molar-refractivity contribution in [3.05, 3.63) is 0 Å². The number of hydrogen-bond acceptors (Lipinski definition) is 10. The molecule has 1 aliphatic heterocycles. The van der Waals surface area contributed by atoms with E-state index in [0.29, 0.717) is 32.4 Å². The number of rotatable bonds is 15. The number of aliphatic hydroxyl groups is 3. The lowest BCUT2D eigenvalue weighted by atomic mass is 9.93. The van der Waals surface area contributed by atoms with E-state index in [-0.39, 0.29) is 13.8 Å². The van der Waals surface area contributed by atoms with E-state index in [1.165, 1.54) is 14.0 Å². The van der Waals surface area contributed by atoms with Gasteiger partial charge in [-0.2, -0.15) is 0 Å². The normalized spacial score (nSPS) is 24.8. The monoisotopic (exact) mass is 524 g/mol. The average molecular weight is 525 g/mol. The van der Waals surface area contributed by atoms with E-state index >= 15 is 0 Å². The Hall–Kier alpha value is -1.87. The van der Waals surface area contributed by atoms with Crippen LogP contribution in [0.15, 0.2) is 0 Å². The van der Waals surface area contributed by atoms with Gasteiger partial charge in [-0.25, -0.2) is 0 Å². The van der Waals surface area contributed by atoms with E-state index in [0.717, 1.165) is 6.42 Å². The largest absolute Gasteiger partial charge is 0.480 e.